The van der Waals surface area contributed by atoms with Gasteiger partial charge in [0.25, 0.3) is 0 Å². The lowest BCUT2D eigenvalue weighted by molar-refractivity contribution is -0.00418. The fourth-order valence-electron chi connectivity index (χ4n) is 6.50. The first-order valence-corrected chi connectivity index (χ1v) is 15.2. The van der Waals surface area contributed by atoms with Gasteiger partial charge in [0.05, 0.1) is 36.4 Å². The van der Waals surface area contributed by atoms with E-state index < -0.39 is 11.4 Å². The number of hydrogen-bond acceptors (Lipinski definition) is 8. The van der Waals surface area contributed by atoms with Crippen molar-refractivity contribution in [1.82, 2.24) is 19.8 Å². The standard InChI is InChI=1S/C29H39BrFN5O4/c1-18(34-11-13-38-14-12-34)29(9-10-29)17-39-26-32-24-21(7-8-22(30)23(24)31)25(33-26)35-15-19-5-6-20(16-35)36(19)27(37)40-28(2,3)4/h7-8,18-20H,5-6,9-17H2,1-4H3. The summed E-state index contributed by atoms with van der Waals surface area (Å²) in [5.41, 5.74) is -0.266. The summed E-state index contributed by atoms with van der Waals surface area (Å²) in [5, 5.41) is 0.640. The minimum absolute atomic E-state index is 0.00684. The van der Waals surface area contributed by atoms with E-state index >= 15 is 4.39 Å². The molecule has 1 amide bonds. The van der Waals surface area contributed by atoms with Gasteiger partial charge in [-0.3, -0.25) is 9.80 Å². The van der Waals surface area contributed by atoms with Crippen molar-refractivity contribution in [2.45, 2.75) is 77.1 Å². The molecule has 0 spiro atoms. The van der Waals surface area contributed by atoms with Gasteiger partial charge in [0.2, 0.25) is 0 Å². The number of halogens is 2. The average molecular weight is 621 g/mol. The lowest BCUT2D eigenvalue weighted by Gasteiger charge is -2.42. The minimum atomic E-state index is -0.550. The van der Waals surface area contributed by atoms with Crippen molar-refractivity contribution in [1.29, 1.82) is 0 Å². The van der Waals surface area contributed by atoms with E-state index in [-0.39, 0.29) is 35.1 Å². The number of carbonyl (C=O) groups is 1. The maximum absolute atomic E-state index is 15.4. The monoisotopic (exact) mass is 619 g/mol. The van der Waals surface area contributed by atoms with Gasteiger partial charge >= 0.3 is 12.1 Å². The molecule has 3 saturated heterocycles. The van der Waals surface area contributed by atoms with E-state index in [0.29, 0.717) is 41.4 Å². The van der Waals surface area contributed by atoms with E-state index in [1.807, 2.05) is 31.7 Å². The van der Waals surface area contributed by atoms with Gasteiger partial charge in [-0.2, -0.15) is 9.97 Å². The van der Waals surface area contributed by atoms with Crippen molar-refractivity contribution in [2.24, 2.45) is 5.41 Å². The maximum atomic E-state index is 15.4. The van der Waals surface area contributed by atoms with Gasteiger partial charge < -0.3 is 19.1 Å². The summed E-state index contributed by atoms with van der Waals surface area (Å²) in [6.07, 6.45) is 3.70. The fraction of sp³-hybridized carbons (Fsp3) is 0.690. The Morgan fingerprint density at radius 1 is 1.18 bits per heavy atom. The number of hydrogen-bond donors (Lipinski definition) is 0. The number of piperazine rings is 1. The van der Waals surface area contributed by atoms with Crippen LogP contribution < -0.4 is 9.64 Å². The quantitative estimate of drug-likeness (QED) is 0.447. The molecule has 4 fully saturated rings. The van der Waals surface area contributed by atoms with Crippen molar-refractivity contribution in [3.8, 4) is 6.01 Å². The van der Waals surface area contributed by atoms with E-state index in [1.54, 1.807) is 6.07 Å². The molecule has 3 aliphatic heterocycles. The number of anilines is 1. The van der Waals surface area contributed by atoms with E-state index in [9.17, 15) is 4.79 Å². The Bertz CT molecular complexity index is 1270. The number of benzene rings is 1. The summed E-state index contributed by atoms with van der Waals surface area (Å²) in [5.74, 6) is 0.224. The molecule has 1 aliphatic carbocycles. The second-order valence-corrected chi connectivity index (χ2v) is 13.6. The van der Waals surface area contributed by atoms with Crippen LogP contribution in [-0.4, -0.2) is 95.6 Å². The number of ether oxygens (including phenoxy) is 3. The van der Waals surface area contributed by atoms with Crippen LogP contribution >= 0.6 is 15.9 Å². The Balaban J connectivity index is 1.25. The molecule has 4 aliphatic rings. The largest absolute Gasteiger partial charge is 0.463 e. The summed E-state index contributed by atoms with van der Waals surface area (Å²) in [4.78, 5) is 28.9. The topological polar surface area (TPSA) is 80.3 Å². The number of rotatable bonds is 6. The summed E-state index contributed by atoms with van der Waals surface area (Å²) in [6, 6.07) is 4.12. The Morgan fingerprint density at radius 3 is 2.48 bits per heavy atom. The normalized spacial score (nSPS) is 25.2. The molecule has 11 heteroatoms. The van der Waals surface area contributed by atoms with Crippen molar-refractivity contribution in [2.75, 3.05) is 50.9 Å². The highest BCUT2D eigenvalue weighted by atomic mass is 79.9. The molecule has 1 aromatic heterocycles. The van der Waals surface area contributed by atoms with E-state index in [2.05, 4.69) is 37.6 Å². The first-order chi connectivity index (χ1) is 19.0. The minimum Gasteiger partial charge on any atom is -0.463 e. The fourth-order valence-corrected chi connectivity index (χ4v) is 6.82. The van der Waals surface area contributed by atoms with Gasteiger partial charge in [0.15, 0.2) is 5.82 Å². The number of aromatic nitrogens is 2. The van der Waals surface area contributed by atoms with Crippen LogP contribution in [0.25, 0.3) is 10.9 Å². The molecule has 2 aromatic rings. The molecule has 0 radical (unpaired) electrons. The summed E-state index contributed by atoms with van der Waals surface area (Å²) >= 11 is 3.32. The lowest BCUT2D eigenvalue weighted by Crippen LogP contribution is -2.57. The molecule has 218 valence electrons. The molecular weight excluding hydrogens is 581 g/mol. The second kappa shape index (κ2) is 10.5. The lowest BCUT2D eigenvalue weighted by atomic mass is 9.97. The molecule has 3 atom stereocenters. The van der Waals surface area contributed by atoms with E-state index in [4.69, 9.17) is 19.2 Å². The molecule has 0 N–H and O–H groups in total. The first-order valence-electron chi connectivity index (χ1n) is 14.4. The highest BCUT2D eigenvalue weighted by molar-refractivity contribution is 9.10. The molecule has 1 saturated carbocycles. The number of nitrogens with zero attached hydrogens (tertiary/aromatic N) is 5. The smallest absolute Gasteiger partial charge is 0.410 e. The molecule has 1 aromatic carbocycles. The van der Waals surface area contributed by atoms with Crippen LogP contribution in [0.4, 0.5) is 15.0 Å². The molecule has 40 heavy (non-hydrogen) atoms. The van der Waals surface area contributed by atoms with Crippen molar-refractivity contribution < 1.29 is 23.4 Å². The third kappa shape index (κ3) is 5.36. The Kier molecular flexibility index (Phi) is 7.36. The Hall–Kier alpha value is -2.24. The van der Waals surface area contributed by atoms with Gasteiger partial charge in [-0.15, -0.1) is 0 Å². The second-order valence-electron chi connectivity index (χ2n) is 12.7. The third-order valence-electron chi connectivity index (χ3n) is 8.97. The predicted octanol–water partition coefficient (Wildman–Crippen LogP) is 5.00. The van der Waals surface area contributed by atoms with Crippen molar-refractivity contribution in [3.63, 3.8) is 0 Å². The Labute approximate surface area is 243 Å². The zero-order valence-electron chi connectivity index (χ0n) is 23.8. The third-order valence-corrected chi connectivity index (χ3v) is 9.58. The summed E-state index contributed by atoms with van der Waals surface area (Å²) in [7, 11) is 0. The van der Waals surface area contributed by atoms with Gasteiger partial charge in [0, 0.05) is 43.0 Å². The van der Waals surface area contributed by atoms with Crippen LogP contribution in [0.5, 0.6) is 6.01 Å². The van der Waals surface area contributed by atoms with Gasteiger partial charge in [-0.25, -0.2) is 9.18 Å². The number of amides is 1. The molecule has 2 bridgehead atoms. The van der Waals surface area contributed by atoms with Crippen molar-refractivity contribution in [3.05, 3.63) is 22.4 Å². The van der Waals surface area contributed by atoms with Crippen molar-refractivity contribution >= 4 is 38.7 Å². The summed E-state index contributed by atoms with van der Waals surface area (Å²) < 4.78 is 33.3. The van der Waals surface area contributed by atoms with Crippen LogP contribution in [0.3, 0.4) is 0 Å². The zero-order valence-corrected chi connectivity index (χ0v) is 25.4. The predicted molar refractivity (Wildman–Crippen MR) is 153 cm³/mol. The van der Waals surface area contributed by atoms with Gasteiger partial charge in [-0.05, 0) is 81.4 Å². The van der Waals surface area contributed by atoms with Crippen LogP contribution in [0, 0.1) is 11.2 Å². The highest BCUT2D eigenvalue weighted by Gasteiger charge is 2.51. The molecular formula is C29H39BrFN5O4. The molecule has 6 rings (SSSR count). The SMILES string of the molecule is CC(N1CCOCC1)C1(COc2nc(N3CC4CCC(C3)N4C(=O)OC(C)(C)C)c3ccc(Br)c(F)c3n2)CC1. The number of carbonyl (C=O) groups excluding carboxylic acids is 1. The van der Waals surface area contributed by atoms with Crippen LogP contribution in [0.2, 0.25) is 0 Å². The molecule has 3 unspecified atom stereocenters. The van der Waals surface area contributed by atoms with Crippen LogP contribution in [0.1, 0.15) is 53.4 Å². The van der Waals surface area contributed by atoms with E-state index in [1.165, 1.54) is 0 Å². The number of fused-ring (bicyclic) bond motifs is 3. The average Bonchev–Trinajstić information content (AvgIpc) is 3.67. The molecule has 4 heterocycles. The van der Waals surface area contributed by atoms with Gasteiger partial charge in [0.1, 0.15) is 16.9 Å². The molecule has 9 nitrogen and oxygen atoms in total. The summed E-state index contributed by atoms with van der Waals surface area (Å²) in [6.45, 7) is 13.0. The zero-order chi connectivity index (χ0) is 28.2. The maximum Gasteiger partial charge on any atom is 0.410 e. The van der Waals surface area contributed by atoms with Crippen LogP contribution in [0.15, 0.2) is 16.6 Å². The van der Waals surface area contributed by atoms with Crippen LogP contribution in [-0.2, 0) is 9.47 Å². The number of morpholine rings is 1. The van der Waals surface area contributed by atoms with E-state index in [0.717, 1.165) is 52.0 Å². The first kappa shape index (κ1) is 27.9. The van der Waals surface area contributed by atoms with Gasteiger partial charge in [-0.1, -0.05) is 0 Å². The Morgan fingerprint density at radius 2 is 1.85 bits per heavy atom. The highest BCUT2D eigenvalue weighted by Crippen LogP contribution is 2.51.